The smallest absolute Gasteiger partial charge is 0.203 e. The molecule has 5 nitrogen and oxygen atoms in total. The van der Waals surface area contributed by atoms with Crippen LogP contribution in [0.3, 0.4) is 0 Å². The summed E-state index contributed by atoms with van der Waals surface area (Å²) in [5.41, 5.74) is 4.22. The quantitative estimate of drug-likeness (QED) is 0.597. The van der Waals surface area contributed by atoms with Gasteiger partial charge in [-0.1, -0.05) is 19.1 Å². The molecular formula is C22H25NO4. The zero-order chi connectivity index (χ0) is 19.2. The maximum atomic E-state index is 5.67. The average molecular weight is 367 g/mol. The summed E-state index contributed by atoms with van der Waals surface area (Å²) in [7, 11) is 4.84. The Morgan fingerprint density at radius 1 is 0.778 bits per heavy atom. The van der Waals surface area contributed by atoms with Gasteiger partial charge in [0.1, 0.15) is 5.75 Å². The second-order valence-corrected chi connectivity index (χ2v) is 6.07. The maximum Gasteiger partial charge on any atom is 0.203 e. The second kappa shape index (κ2) is 8.54. The first kappa shape index (κ1) is 18.7. The lowest BCUT2D eigenvalue weighted by atomic mass is 9.98. The van der Waals surface area contributed by atoms with Crippen molar-refractivity contribution in [2.45, 2.75) is 13.3 Å². The minimum atomic E-state index is 0.582. The van der Waals surface area contributed by atoms with Crippen LogP contribution in [0.2, 0.25) is 0 Å². The molecule has 1 N–H and O–H groups in total. The molecule has 0 saturated carbocycles. The van der Waals surface area contributed by atoms with E-state index >= 15 is 0 Å². The summed E-state index contributed by atoms with van der Waals surface area (Å²) in [6.45, 7) is 2.82. The van der Waals surface area contributed by atoms with Gasteiger partial charge in [0, 0.05) is 23.5 Å². The summed E-state index contributed by atoms with van der Waals surface area (Å²) in [5.74, 6) is 2.72. The number of aromatic amines is 1. The zero-order valence-corrected chi connectivity index (χ0v) is 16.2. The van der Waals surface area contributed by atoms with Gasteiger partial charge in [-0.15, -0.1) is 0 Å². The molecule has 0 aliphatic carbocycles. The van der Waals surface area contributed by atoms with Crippen LogP contribution in [0.5, 0.6) is 23.0 Å². The summed E-state index contributed by atoms with van der Waals surface area (Å²) in [6.07, 6.45) is 4.95. The Hall–Kier alpha value is -3.08. The van der Waals surface area contributed by atoms with Gasteiger partial charge in [0.05, 0.1) is 27.9 Å². The highest BCUT2D eigenvalue weighted by molar-refractivity contribution is 5.85. The molecule has 3 aromatic rings. The zero-order valence-electron chi connectivity index (χ0n) is 16.2. The predicted octanol–water partition coefficient (Wildman–Crippen LogP) is 5.16. The van der Waals surface area contributed by atoms with E-state index in [4.69, 9.17) is 18.9 Å². The molecule has 0 bridgehead atoms. The van der Waals surface area contributed by atoms with E-state index in [1.54, 1.807) is 21.3 Å². The molecule has 27 heavy (non-hydrogen) atoms. The summed E-state index contributed by atoms with van der Waals surface area (Å²) in [6, 6.07) is 12.0. The van der Waals surface area contributed by atoms with Crippen molar-refractivity contribution in [1.82, 2.24) is 4.98 Å². The normalized spacial score (nSPS) is 10.5. The molecule has 0 unspecified atom stereocenters. The minimum absolute atomic E-state index is 0.582. The van der Waals surface area contributed by atoms with Gasteiger partial charge in [0.25, 0.3) is 0 Å². The van der Waals surface area contributed by atoms with E-state index in [9.17, 15) is 0 Å². The van der Waals surface area contributed by atoms with Crippen LogP contribution < -0.4 is 18.9 Å². The van der Waals surface area contributed by atoms with Crippen molar-refractivity contribution >= 4 is 0 Å². The molecule has 0 fully saturated rings. The summed E-state index contributed by atoms with van der Waals surface area (Å²) < 4.78 is 22.1. The number of ether oxygens (including phenoxy) is 4. The highest BCUT2D eigenvalue weighted by atomic mass is 16.5. The topological polar surface area (TPSA) is 52.7 Å². The van der Waals surface area contributed by atoms with E-state index < -0.39 is 0 Å². The largest absolute Gasteiger partial charge is 0.494 e. The van der Waals surface area contributed by atoms with E-state index in [2.05, 4.69) is 24.0 Å². The third-order valence-corrected chi connectivity index (χ3v) is 4.36. The number of nitrogens with one attached hydrogen (secondary N) is 1. The van der Waals surface area contributed by atoms with Gasteiger partial charge < -0.3 is 23.9 Å². The van der Waals surface area contributed by atoms with Gasteiger partial charge in [-0.3, -0.25) is 0 Å². The van der Waals surface area contributed by atoms with Gasteiger partial charge in [-0.2, -0.15) is 0 Å². The third kappa shape index (κ3) is 3.87. The number of hydrogen-bond donors (Lipinski definition) is 1. The van der Waals surface area contributed by atoms with E-state index in [0.717, 1.165) is 41.0 Å². The summed E-state index contributed by atoms with van der Waals surface area (Å²) in [4.78, 5) is 3.20. The minimum Gasteiger partial charge on any atom is -0.494 e. The van der Waals surface area contributed by atoms with Gasteiger partial charge in [0.15, 0.2) is 11.5 Å². The van der Waals surface area contributed by atoms with Gasteiger partial charge in [-0.05, 0) is 41.8 Å². The molecule has 0 radical (unpaired) electrons. The Labute approximate surface area is 159 Å². The van der Waals surface area contributed by atoms with E-state index in [0.29, 0.717) is 17.2 Å². The van der Waals surface area contributed by atoms with Crippen molar-refractivity contribution in [2.24, 2.45) is 0 Å². The lowest BCUT2D eigenvalue weighted by molar-refractivity contribution is 0.317. The van der Waals surface area contributed by atoms with Crippen molar-refractivity contribution in [3.8, 4) is 45.3 Å². The first-order valence-electron chi connectivity index (χ1n) is 8.92. The molecule has 142 valence electrons. The molecule has 1 aromatic heterocycles. The van der Waals surface area contributed by atoms with E-state index in [1.165, 1.54) is 0 Å². The van der Waals surface area contributed by atoms with Crippen molar-refractivity contribution in [2.75, 3.05) is 27.9 Å². The monoisotopic (exact) mass is 367 g/mol. The summed E-state index contributed by atoms with van der Waals surface area (Å²) >= 11 is 0. The molecule has 0 amide bonds. The van der Waals surface area contributed by atoms with Crippen LogP contribution in [-0.4, -0.2) is 32.9 Å². The van der Waals surface area contributed by atoms with Crippen LogP contribution in [0, 0.1) is 0 Å². The van der Waals surface area contributed by atoms with Crippen molar-refractivity contribution in [3.05, 3.63) is 48.8 Å². The fraction of sp³-hybridized carbons (Fsp3) is 0.273. The highest BCUT2D eigenvalue weighted by Gasteiger charge is 2.17. The molecule has 1 heterocycles. The van der Waals surface area contributed by atoms with Gasteiger partial charge in [0.2, 0.25) is 5.75 Å². The van der Waals surface area contributed by atoms with Crippen molar-refractivity contribution in [3.63, 3.8) is 0 Å². The Morgan fingerprint density at radius 2 is 1.37 bits per heavy atom. The Bertz CT molecular complexity index is 859. The van der Waals surface area contributed by atoms with E-state index in [1.807, 2.05) is 36.7 Å². The fourth-order valence-electron chi connectivity index (χ4n) is 3.03. The molecule has 3 rings (SSSR count). The molecule has 0 aliphatic heterocycles. The van der Waals surface area contributed by atoms with E-state index in [-0.39, 0.29) is 0 Å². The molecule has 2 aromatic carbocycles. The number of hydrogen-bond acceptors (Lipinski definition) is 4. The Morgan fingerprint density at radius 3 is 1.89 bits per heavy atom. The second-order valence-electron chi connectivity index (χ2n) is 6.07. The Kier molecular flexibility index (Phi) is 5.91. The standard InChI is InChI=1S/C22H25NO4/c1-5-10-27-17-8-6-15(7-9-17)18-13-23-14-19(18)16-11-20(24-2)22(26-4)21(12-16)25-3/h6-9,11-14,23H,5,10H2,1-4H3. The van der Waals surface area contributed by atoms with Crippen LogP contribution in [0.25, 0.3) is 22.3 Å². The molecule has 0 spiro atoms. The molecule has 0 saturated heterocycles. The molecule has 0 atom stereocenters. The summed E-state index contributed by atoms with van der Waals surface area (Å²) in [5, 5.41) is 0. The lowest BCUT2D eigenvalue weighted by Gasteiger charge is -2.14. The molecule has 0 aliphatic rings. The fourth-order valence-corrected chi connectivity index (χ4v) is 3.03. The number of H-pyrrole nitrogens is 1. The van der Waals surface area contributed by atoms with Crippen LogP contribution >= 0.6 is 0 Å². The van der Waals surface area contributed by atoms with Crippen LogP contribution in [0.15, 0.2) is 48.8 Å². The van der Waals surface area contributed by atoms with Gasteiger partial charge >= 0.3 is 0 Å². The highest BCUT2D eigenvalue weighted by Crippen LogP contribution is 2.43. The van der Waals surface area contributed by atoms with Crippen LogP contribution in [0.1, 0.15) is 13.3 Å². The number of benzene rings is 2. The number of methoxy groups -OCH3 is 3. The first-order chi connectivity index (χ1) is 13.2. The number of aromatic nitrogens is 1. The van der Waals surface area contributed by atoms with Crippen molar-refractivity contribution < 1.29 is 18.9 Å². The maximum absolute atomic E-state index is 5.67. The van der Waals surface area contributed by atoms with Gasteiger partial charge in [-0.25, -0.2) is 0 Å². The third-order valence-electron chi connectivity index (χ3n) is 4.36. The SMILES string of the molecule is CCCOc1ccc(-c2c[nH]cc2-c2cc(OC)c(OC)c(OC)c2)cc1. The first-order valence-corrected chi connectivity index (χ1v) is 8.92. The Balaban J connectivity index is 2.00. The lowest BCUT2D eigenvalue weighted by Crippen LogP contribution is -1.96. The van der Waals surface area contributed by atoms with Crippen molar-refractivity contribution in [1.29, 1.82) is 0 Å². The van der Waals surface area contributed by atoms with Crippen LogP contribution in [-0.2, 0) is 0 Å². The molecular weight excluding hydrogens is 342 g/mol. The molecule has 5 heteroatoms. The number of rotatable bonds is 8. The predicted molar refractivity (Wildman–Crippen MR) is 107 cm³/mol. The average Bonchev–Trinajstić information content (AvgIpc) is 3.21. The van der Waals surface area contributed by atoms with Crippen LogP contribution in [0.4, 0.5) is 0 Å².